The van der Waals surface area contributed by atoms with Crippen molar-refractivity contribution in [1.82, 2.24) is 38.2 Å². The smallest absolute Gasteiger partial charge is 0.329 e. The van der Waals surface area contributed by atoms with E-state index < -0.39 is 0 Å². The Morgan fingerprint density at radius 2 is 1.15 bits per heavy atom. The molecule has 4 N–H and O–H groups in total. The molecule has 14 nitrogen and oxygen atoms in total. The summed E-state index contributed by atoms with van der Waals surface area (Å²) in [6.45, 7) is 8.86. The van der Waals surface area contributed by atoms with Gasteiger partial charge in [-0.3, -0.25) is 38.2 Å². The summed E-state index contributed by atoms with van der Waals surface area (Å²) in [6, 6.07) is 16.3. The number of imidazole rings is 2. The number of aryl methyl sites for hydroxylation is 2. The van der Waals surface area contributed by atoms with Gasteiger partial charge in [0.15, 0.2) is 5.69 Å². The number of nitrogens with zero attached hydrogens (tertiary/aromatic N) is 9. The molecule has 8 aromatic rings. The monoisotopic (exact) mass is 830 g/mol. The number of aliphatic hydroxyl groups excluding tert-OH is 2. The number of fused-ring (bicyclic) bond motifs is 4. The van der Waals surface area contributed by atoms with E-state index in [-0.39, 0.29) is 30.6 Å². The van der Waals surface area contributed by atoms with Crippen molar-refractivity contribution in [2.24, 2.45) is 5.73 Å². The zero-order chi connectivity index (χ0) is 42.7. The molecule has 2 aliphatic rings. The Labute approximate surface area is 357 Å². The van der Waals surface area contributed by atoms with Gasteiger partial charge in [-0.25, -0.2) is 14.4 Å². The summed E-state index contributed by atoms with van der Waals surface area (Å²) >= 11 is 0. The Kier molecular flexibility index (Phi) is 11.7. The minimum atomic E-state index is -0.0166. The second-order valence-corrected chi connectivity index (χ2v) is 16.4. The van der Waals surface area contributed by atoms with Crippen LogP contribution in [0.15, 0.2) is 95.3 Å². The van der Waals surface area contributed by atoms with Crippen molar-refractivity contribution in [2.75, 3.05) is 13.2 Å². The number of nitrogens with two attached hydrogens (primary N) is 1. The SMILES string of the molecule is NCc1ccc2c(CCCCO)c(Cn3c(=O)n(C4CC4)c4ccncc43)ncc2c1.[C-]#[N+]c1ccc2c(CCCCO)c(Cn3c(=O)n(C4CC4)c4ccncc43)ncc2c1. The Balaban J connectivity index is 0.000000158. The summed E-state index contributed by atoms with van der Waals surface area (Å²) in [4.78, 5) is 48.2. The summed E-state index contributed by atoms with van der Waals surface area (Å²) in [5, 5.41) is 22.7. The van der Waals surface area contributed by atoms with Crippen molar-refractivity contribution >= 4 is 49.3 Å². The van der Waals surface area contributed by atoms with Crippen LogP contribution in [0, 0.1) is 6.57 Å². The molecular formula is C48H50N10O4. The topological polar surface area (TPSA) is 176 Å². The van der Waals surface area contributed by atoms with Crippen molar-refractivity contribution in [2.45, 2.75) is 95.9 Å². The molecule has 2 fully saturated rings. The van der Waals surface area contributed by atoms with Gasteiger partial charge in [0.2, 0.25) is 0 Å². The van der Waals surface area contributed by atoms with E-state index in [9.17, 15) is 19.8 Å². The van der Waals surface area contributed by atoms with E-state index in [0.29, 0.717) is 37.8 Å². The van der Waals surface area contributed by atoms with Gasteiger partial charge in [0.25, 0.3) is 0 Å². The van der Waals surface area contributed by atoms with Crippen LogP contribution < -0.4 is 17.1 Å². The molecule has 2 aromatic carbocycles. The lowest BCUT2D eigenvalue weighted by atomic mass is 9.98. The maximum absolute atomic E-state index is 13.3. The number of benzene rings is 2. The molecule has 2 saturated carbocycles. The third-order valence-electron chi connectivity index (χ3n) is 12.2. The average molecular weight is 831 g/mol. The standard InChI is InChI=1S/C24H23N5O2.C24H27N5O2/c1-25-17-5-8-19-16(12-17)13-27-21(20(19)4-2-3-11-30)15-28-23-14-26-10-9-22(23)29(24(28)31)18-6-7-18;25-12-16-4-7-19-17(11-16)13-27-21(20(19)3-1-2-10-30)15-28-23-14-26-9-8-22(23)29(24(28)31)18-5-6-18/h5,8-10,12-14,18,30H,2-4,6-7,11,15H2;4,7-9,11,13-14,18,30H,1-3,5-6,10,12,15,25H2. The van der Waals surface area contributed by atoms with E-state index in [1.54, 1.807) is 40.1 Å². The molecule has 0 spiro atoms. The molecule has 0 atom stereocenters. The van der Waals surface area contributed by atoms with Crippen LogP contribution in [0.1, 0.15) is 91.5 Å². The second-order valence-electron chi connectivity index (χ2n) is 16.4. The first-order valence-corrected chi connectivity index (χ1v) is 21.6. The van der Waals surface area contributed by atoms with Crippen molar-refractivity contribution in [3.05, 3.63) is 146 Å². The third kappa shape index (κ3) is 8.02. The van der Waals surface area contributed by atoms with Crippen molar-refractivity contribution in [1.29, 1.82) is 0 Å². The van der Waals surface area contributed by atoms with Crippen molar-refractivity contribution in [3.8, 4) is 0 Å². The molecule has 14 heteroatoms. The van der Waals surface area contributed by atoms with Gasteiger partial charge in [0.05, 0.1) is 65.5 Å². The van der Waals surface area contributed by atoms with E-state index in [1.165, 1.54) is 0 Å². The first kappa shape index (κ1) is 40.9. The van der Waals surface area contributed by atoms with Crippen LogP contribution >= 0.6 is 0 Å². The van der Waals surface area contributed by atoms with Gasteiger partial charge in [-0.15, -0.1) is 0 Å². The lowest BCUT2D eigenvalue weighted by molar-refractivity contribution is 0.284. The number of aromatic nitrogens is 8. The van der Waals surface area contributed by atoms with Gasteiger partial charge in [-0.2, -0.15) is 0 Å². The van der Waals surface area contributed by atoms with E-state index in [0.717, 1.165) is 129 Å². The molecule has 0 amide bonds. The Bertz CT molecular complexity index is 3090. The third-order valence-corrected chi connectivity index (χ3v) is 12.2. The van der Waals surface area contributed by atoms with Crippen LogP contribution in [0.25, 0.3) is 48.5 Å². The van der Waals surface area contributed by atoms with E-state index in [4.69, 9.17) is 22.3 Å². The summed E-state index contributed by atoms with van der Waals surface area (Å²) in [5.74, 6) is 0. The van der Waals surface area contributed by atoms with Gasteiger partial charge < -0.3 is 15.9 Å². The molecular weight excluding hydrogens is 781 g/mol. The van der Waals surface area contributed by atoms with Crippen LogP contribution in [0.5, 0.6) is 0 Å². The molecule has 0 unspecified atom stereocenters. The number of hydrogen-bond donors (Lipinski definition) is 3. The predicted molar refractivity (Wildman–Crippen MR) is 240 cm³/mol. The highest BCUT2D eigenvalue weighted by molar-refractivity contribution is 5.89. The van der Waals surface area contributed by atoms with Crippen LogP contribution in [0.4, 0.5) is 5.69 Å². The van der Waals surface area contributed by atoms with E-state index >= 15 is 0 Å². The highest BCUT2D eigenvalue weighted by Crippen LogP contribution is 2.37. The second kappa shape index (κ2) is 17.8. The lowest BCUT2D eigenvalue weighted by Crippen LogP contribution is -2.25. The highest BCUT2D eigenvalue weighted by Gasteiger charge is 2.30. The minimum absolute atomic E-state index is 0.00665. The van der Waals surface area contributed by atoms with Crippen LogP contribution in [-0.2, 0) is 32.5 Å². The van der Waals surface area contributed by atoms with Gasteiger partial charge in [0.1, 0.15) is 0 Å². The lowest BCUT2D eigenvalue weighted by Gasteiger charge is -2.14. The fourth-order valence-corrected chi connectivity index (χ4v) is 8.77. The molecule has 0 saturated heterocycles. The Morgan fingerprint density at radius 1 is 0.645 bits per heavy atom. The van der Waals surface area contributed by atoms with Gasteiger partial charge >= 0.3 is 11.4 Å². The summed E-state index contributed by atoms with van der Waals surface area (Å²) < 4.78 is 7.39. The Morgan fingerprint density at radius 3 is 1.61 bits per heavy atom. The molecule has 10 rings (SSSR count). The molecule has 62 heavy (non-hydrogen) atoms. The zero-order valence-corrected chi connectivity index (χ0v) is 34.7. The maximum atomic E-state index is 13.3. The summed E-state index contributed by atoms with van der Waals surface area (Å²) in [6.07, 6.45) is 19.5. The highest BCUT2D eigenvalue weighted by atomic mass is 16.3. The largest absolute Gasteiger partial charge is 0.396 e. The molecule has 6 heterocycles. The number of unbranched alkanes of at least 4 members (excludes halogenated alkanes) is 2. The number of pyridine rings is 4. The van der Waals surface area contributed by atoms with Gasteiger partial charge in [0, 0.05) is 62.0 Å². The molecule has 0 bridgehead atoms. The van der Waals surface area contributed by atoms with Crippen molar-refractivity contribution < 1.29 is 10.2 Å². The minimum Gasteiger partial charge on any atom is -0.396 e. The molecule has 0 radical (unpaired) electrons. The summed E-state index contributed by atoms with van der Waals surface area (Å²) in [5.41, 5.74) is 14.9. The number of rotatable bonds is 15. The normalized spacial score (nSPS) is 13.8. The van der Waals surface area contributed by atoms with Crippen molar-refractivity contribution in [3.63, 3.8) is 0 Å². The number of aliphatic hydroxyl groups is 2. The van der Waals surface area contributed by atoms with Crippen LogP contribution in [-0.4, -0.2) is 61.6 Å². The first-order chi connectivity index (χ1) is 30.4. The number of hydrogen-bond acceptors (Lipinski definition) is 9. The Hall–Kier alpha value is -6.53. The van der Waals surface area contributed by atoms with Crippen LogP contribution in [0.3, 0.4) is 0 Å². The predicted octanol–water partition coefficient (Wildman–Crippen LogP) is 6.90. The fourth-order valence-electron chi connectivity index (χ4n) is 8.77. The summed E-state index contributed by atoms with van der Waals surface area (Å²) in [7, 11) is 0. The van der Waals surface area contributed by atoms with E-state index in [1.807, 2.05) is 45.7 Å². The maximum Gasteiger partial charge on any atom is 0.329 e. The van der Waals surface area contributed by atoms with Gasteiger partial charge in [-0.05, 0) is 121 Å². The molecule has 2 aliphatic carbocycles. The molecule has 316 valence electrons. The zero-order valence-electron chi connectivity index (χ0n) is 34.7. The van der Waals surface area contributed by atoms with Crippen LogP contribution in [0.2, 0.25) is 0 Å². The van der Waals surface area contributed by atoms with Gasteiger partial charge in [-0.1, -0.05) is 24.3 Å². The van der Waals surface area contributed by atoms with E-state index in [2.05, 4.69) is 33.0 Å². The fraction of sp³-hybridized carbons (Fsp3) is 0.354. The molecule has 0 aliphatic heterocycles. The quantitative estimate of drug-likeness (QED) is 0.0733. The average Bonchev–Trinajstić information content (AvgIpc) is 4.26. The molecule has 6 aromatic heterocycles. The first-order valence-electron chi connectivity index (χ1n) is 21.6.